The van der Waals surface area contributed by atoms with Gasteiger partial charge in [0.25, 0.3) is 5.91 Å². The zero-order valence-electron chi connectivity index (χ0n) is 14.1. The second kappa shape index (κ2) is 8.24. The molecule has 138 valence electrons. The Hall–Kier alpha value is -2.16. The van der Waals surface area contributed by atoms with Crippen LogP contribution in [0.3, 0.4) is 0 Å². The lowest BCUT2D eigenvalue weighted by Gasteiger charge is -2.14. The fourth-order valence-electron chi connectivity index (χ4n) is 2.39. The molecule has 3 rings (SSSR count). The summed E-state index contributed by atoms with van der Waals surface area (Å²) in [5.41, 5.74) is 1.42. The number of halogens is 1. The molecular formula is C19H14BrNO4S2. The predicted molar refractivity (Wildman–Crippen MR) is 114 cm³/mol. The lowest BCUT2D eigenvalue weighted by molar-refractivity contribution is -0.144. The van der Waals surface area contributed by atoms with Crippen molar-refractivity contribution in [3.05, 3.63) is 63.5 Å². The number of carbonyl (C=O) groups is 2. The Balaban J connectivity index is 1.85. The Morgan fingerprint density at radius 2 is 2.04 bits per heavy atom. The van der Waals surface area contributed by atoms with Crippen LogP contribution in [0.4, 0.5) is 5.69 Å². The second-order valence-corrected chi connectivity index (χ2v) is 8.26. The van der Waals surface area contributed by atoms with E-state index < -0.39 is 12.1 Å². The van der Waals surface area contributed by atoms with Gasteiger partial charge in [0, 0.05) is 4.47 Å². The molecule has 0 radical (unpaired) electrons. The molecule has 0 bridgehead atoms. The van der Waals surface area contributed by atoms with Gasteiger partial charge in [-0.25, -0.2) is 4.79 Å². The third-order valence-corrected chi connectivity index (χ3v) is 5.47. The van der Waals surface area contributed by atoms with Crippen molar-refractivity contribution in [2.75, 3.05) is 4.90 Å². The van der Waals surface area contributed by atoms with E-state index >= 15 is 0 Å². The molecule has 1 N–H and O–H groups in total. The molecule has 0 saturated carbocycles. The first-order valence-electron chi connectivity index (χ1n) is 7.88. The monoisotopic (exact) mass is 463 g/mol. The molecule has 1 fully saturated rings. The largest absolute Gasteiger partial charge is 0.479 e. The maximum atomic E-state index is 12.8. The molecule has 1 atom stereocenters. The highest BCUT2D eigenvalue weighted by molar-refractivity contribution is 9.10. The van der Waals surface area contributed by atoms with Gasteiger partial charge in [0.1, 0.15) is 5.75 Å². The number of carboxylic acid groups (broad SMARTS) is 1. The van der Waals surface area contributed by atoms with E-state index in [4.69, 9.17) is 22.1 Å². The predicted octanol–water partition coefficient (Wildman–Crippen LogP) is 4.71. The number of amides is 1. The van der Waals surface area contributed by atoms with Gasteiger partial charge in [0.05, 0.1) is 10.6 Å². The van der Waals surface area contributed by atoms with Gasteiger partial charge < -0.3 is 9.84 Å². The van der Waals surface area contributed by atoms with E-state index in [1.165, 1.54) is 23.6 Å². The van der Waals surface area contributed by atoms with Crippen LogP contribution in [0.2, 0.25) is 0 Å². The van der Waals surface area contributed by atoms with Crippen molar-refractivity contribution < 1.29 is 19.4 Å². The minimum absolute atomic E-state index is 0.201. The van der Waals surface area contributed by atoms with Crippen molar-refractivity contribution >= 4 is 67.9 Å². The van der Waals surface area contributed by atoms with Gasteiger partial charge in [0.15, 0.2) is 10.4 Å². The fourth-order valence-corrected chi connectivity index (χ4v) is 4.08. The first-order chi connectivity index (χ1) is 12.8. The number of aliphatic carboxylic acids is 1. The van der Waals surface area contributed by atoms with Crippen LogP contribution < -0.4 is 9.64 Å². The highest BCUT2D eigenvalue weighted by atomic mass is 79.9. The summed E-state index contributed by atoms with van der Waals surface area (Å²) >= 11 is 9.99. The smallest absolute Gasteiger partial charge is 0.344 e. The van der Waals surface area contributed by atoms with E-state index in [1.807, 2.05) is 30.3 Å². The number of ether oxygens (including phenoxy) is 1. The third-order valence-electron chi connectivity index (χ3n) is 3.68. The summed E-state index contributed by atoms with van der Waals surface area (Å²) in [6.07, 6.45) is 0.755. The number of anilines is 1. The molecule has 8 heteroatoms. The van der Waals surface area contributed by atoms with Crippen molar-refractivity contribution in [3.63, 3.8) is 0 Å². The fraction of sp³-hybridized carbons (Fsp3) is 0.105. The highest BCUT2D eigenvalue weighted by Crippen LogP contribution is 2.37. The zero-order chi connectivity index (χ0) is 19.6. The number of carbonyl (C=O) groups excluding carboxylic acids is 1. The van der Waals surface area contributed by atoms with Crippen LogP contribution in [-0.2, 0) is 9.59 Å². The van der Waals surface area contributed by atoms with Crippen LogP contribution in [0.5, 0.6) is 5.75 Å². The molecular weight excluding hydrogens is 450 g/mol. The maximum Gasteiger partial charge on any atom is 0.344 e. The molecule has 0 aliphatic carbocycles. The Morgan fingerprint density at radius 3 is 2.74 bits per heavy atom. The number of benzene rings is 2. The summed E-state index contributed by atoms with van der Waals surface area (Å²) in [7, 11) is 0. The molecule has 2 aromatic carbocycles. The molecule has 2 aromatic rings. The molecule has 1 amide bonds. The average Bonchev–Trinajstić information content (AvgIpc) is 2.88. The number of thiocarbonyl (C=S) groups is 1. The van der Waals surface area contributed by atoms with Crippen LogP contribution in [0, 0.1) is 0 Å². The van der Waals surface area contributed by atoms with Crippen molar-refractivity contribution in [3.8, 4) is 5.75 Å². The van der Waals surface area contributed by atoms with Gasteiger partial charge in [0.2, 0.25) is 0 Å². The zero-order valence-corrected chi connectivity index (χ0v) is 17.3. The molecule has 1 saturated heterocycles. The average molecular weight is 464 g/mol. The molecule has 1 unspecified atom stereocenters. The van der Waals surface area contributed by atoms with Crippen molar-refractivity contribution in [1.29, 1.82) is 0 Å². The first kappa shape index (κ1) is 19.6. The summed E-state index contributed by atoms with van der Waals surface area (Å²) in [5.74, 6) is -0.829. The molecule has 0 aromatic heterocycles. The molecule has 0 spiro atoms. The third kappa shape index (κ3) is 4.58. The molecule has 1 aliphatic rings. The summed E-state index contributed by atoms with van der Waals surface area (Å²) in [5, 5.41) is 8.96. The summed E-state index contributed by atoms with van der Waals surface area (Å²) in [6, 6.07) is 14.3. The number of hydrogen-bond acceptors (Lipinski definition) is 5. The van der Waals surface area contributed by atoms with Gasteiger partial charge >= 0.3 is 5.97 Å². The van der Waals surface area contributed by atoms with Gasteiger partial charge in [-0.2, -0.15) is 0 Å². The number of thioether (sulfide) groups is 1. The van der Waals surface area contributed by atoms with E-state index in [1.54, 1.807) is 24.3 Å². The van der Waals surface area contributed by atoms with E-state index in [-0.39, 0.29) is 5.91 Å². The van der Waals surface area contributed by atoms with Gasteiger partial charge in [-0.1, -0.05) is 58.1 Å². The number of hydrogen-bond donors (Lipinski definition) is 1. The Bertz CT molecular complexity index is 960. The van der Waals surface area contributed by atoms with Crippen LogP contribution in [0.15, 0.2) is 57.9 Å². The van der Waals surface area contributed by atoms with Crippen LogP contribution in [-0.4, -0.2) is 27.4 Å². The Kier molecular flexibility index (Phi) is 5.98. The number of rotatable bonds is 5. The summed E-state index contributed by atoms with van der Waals surface area (Å²) in [6.45, 7) is 1.46. The van der Waals surface area contributed by atoms with Crippen LogP contribution in [0.1, 0.15) is 12.5 Å². The van der Waals surface area contributed by atoms with Crippen LogP contribution in [0.25, 0.3) is 6.08 Å². The lowest BCUT2D eigenvalue weighted by Crippen LogP contribution is -2.27. The standard InChI is InChI=1S/C19H14BrNO4S2/c1-11(18(23)24)25-15-7-2-4-12(8-15)9-16-17(22)21(19(26)27-16)14-6-3-5-13(20)10-14/h2-11H,1H3,(H,23,24)/b16-9+. The maximum absolute atomic E-state index is 12.8. The minimum Gasteiger partial charge on any atom is -0.479 e. The van der Waals surface area contributed by atoms with Gasteiger partial charge in [-0.05, 0) is 48.9 Å². The van der Waals surface area contributed by atoms with Crippen molar-refractivity contribution in [1.82, 2.24) is 0 Å². The lowest BCUT2D eigenvalue weighted by atomic mass is 10.2. The Morgan fingerprint density at radius 1 is 1.30 bits per heavy atom. The van der Waals surface area contributed by atoms with Crippen molar-refractivity contribution in [2.45, 2.75) is 13.0 Å². The molecule has 1 heterocycles. The molecule has 1 aliphatic heterocycles. The van der Waals surface area contributed by atoms with E-state index in [0.29, 0.717) is 20.7 Å². The SMILES string of the molecule is CC(Oc1cccc(/C=C2/SC(=S)N(c3cccc(Br)c3)C2=O)c1)C(=O)O. The summed E-state index contributed by atoms with van der Waals surface area (Å²) < 4.78 is 6.68. The second-order valence-electron chi connectivity index (χ2n) is 5.67. The van der Waals surface area contributed by atoms with Crippen molar-refractivity contribution in [2.24, 2.45) is 0 Å². The molecule has 5 nitrogen and oxygen atoms in total. The van der Waals surface area contributed by atoms with E-state index in [9.17, 15) is 9.59 Å². The normalized spacial score (nSPS) is 16.7. The van der Waals surface area contributed by atoms with Crippen LogP contribution >= 0.6 is 39.9 Å². The first-order valence-corrected chi connectivity index (χ1v) is 9.90. The Labute approximate surface area is 174 Å². The topological polar surface area (TPSA) is 66.8 Å². The van der Waals surface area contributed by atoms with Gasteiger partial charge in [-0.3, -0.25) is 9.69 Å². The minimum atomic E-state index is -1.05. The number of carboxylic acids is 1. The van der Waals surface area contributed by atoms with E-state index in [2.05, 4.69) is 15.9 Å². The van der Waals surface area contributed by atoms with Gasteiger partial charge in [-0.15, -0.1) is 0 Å². The molecule has 27 heavy (non-hydrogen) atoms. The van der Waals surface area contributed by atoms with E-state index in [0.717, 1.165) is 10.0 Å². The number of nitrogens with zero attached hydrogens (tertiary/aromatic N) is 1. The highest BCUT2D eigenvalue weighted by Gasteiger charge is 2.33. The quantitative estimate of drug-likeness (QED) is 0.511. The summed E-state index contributed by atoms with van der Waals surface area (Å²) in [4.78, 5) is 25.7.